The van der Waals surface area contributed by atoms with Gasteiger partial charge in [0.25, 0.3) is 5.56 Å². The molecule has 1 aliphatic heterocycles. The van der Waals surface area contributed by atoms with E-state index in [1.165, 1.54) is 11.8 Å². The lowest BCUT2D eigenvalue weighted by Crippen LogP contribution is -2.44. The molecule has 2 N–H and O–H groups in total. The molecule has 10 nitrogen and oxygen atoms in total. The van der Waals surface area contributed by atoms with E-state index in [0.29, 0.717) is 27.7 Å². The molecule has 2 aromatic heterocycles. The van der Waals surface area contributed by atoms with E-state index >= 15 is 0 Å². The van der Waals surface area contributed by atoms with E-state index in [2.05, 4.69) is 48.5 Å². The van der Waals surface area contributed by atoms with Crippen molar-refractivity contribution in [3.8, 4) is 23.3 Å². The van der Waals surface area contributed by atoms with E-state index in [0.717, 1.165) is 31.9 Å². The minimum atomic E-state index is -0.532. The molecule has 1 aliphatic rings. The Morgan fingerprint density at radius 1 is 1.10 bits per heavy atom. The summed E-state index contributed by atoms with van der Waals surface area (Å²) in [5.41, 5.74) is 1.71. The second-order valence-electron chi connectivity index (χ2n) is 7.09. The Hall–Kier alpha value is -3.67. The average Bonchev–Trinajstić information content (AvgIpc) is 3.31. The fourth-order valence-electron chi connectivity index (χ4n) is 3.47. The SMILES string of the molecule is CN1CCN(c2ccc(-c3c(C#N)c(SCc4nn[nH]n4)[nH]c(=O)c3C#N)cc2)CC1. The molecule has 31 heavy (non-hydrogen) atoms. The molecule has 11 heteroatoms. The van der Waals surface area contributed by atoms with Gasteiger partial charge in [-0.25, -0.2) is 0 Å². The molecule has 0 aliphatic carbocycles. The number of thioether (sulfide) groups is 1. The number of aromatic amines is 2. The number of hydrogen-bond donors (Lipinski definition) is 2. The summed E-state index contributed by atoms with van der Waals surface area (Å²) in [5, 5.41) is 33.5. The third kappa shape index (κ3) is 4.28. The Bertz CT molecular complexity index is 1200. The number of piperazine rings is 1. The van der Waals surface area contributed by atoms with Gasteiger partial charge in [-0.1, -0.05) is 29.1 Å². The van der Waals surface area contributed by atoms with Gasteiger partial charge in [0.2, 0.25) is 0 Å². The van der Waals surface area contributed by atoms with Crippen LogP contribution in [0.4, 0.5) is 5.69 Å². The van der Waals surface area contributed by atoms with Crippen molar-refractivity contribution in [3.63, 3.8) is 0 Å². The molecular formula is C20H19N9OS. The normalized spacial score (nSPS) is 14.2. The molecular weight excluding hydrogens is 414 g/mol. The fourth-order valence-corrected chi connectivity index (χ4v) is 4.33. The highest BCUT2D eigenvalue weighted by molar-refractivity contribution is 7.98. The predicted octanol–water partition coefficient (Wildman–Crippen LogP) is 1.34. The zero-order valence-electron chi connectivity index (χ0n) is 16.8. The van der Waals surface area contributed by atoms with Gasteiger partial charge in [0.15, 0.2) is 5.82 Å². The van der Waals surface area contributed by atoms with Gasteiger partial charge in [0, 0.05) is 37.4 Å². The zero-order valence-corrected chi connectivity index (χ0v) is 17.6. The maximum Gasteiger partial charge on any atom is 0.267 e. The summed E-state index contributed by atoms with van der Waals surface area (Å²) in [4.78, 5) is 19.8. The molecule has 1 saturated heterocycles. The number of pyridine rings is 1. The van der Waals surface area contributed by atoms with Gasteiger partial charge in [0.1, 0.15) is 17.7 Å². The van der Waals surface area contributed by atoms with Crippen LogP contribution in [0.15, 0.2) is 34.1 Å². The summed E-state index contributed by atoms with van der Waals surface area (Å²) in [7, 11) is 2.11. The second kappa shape index (κ2) is 9.00. The van der Waals surface area contributed by atoms with Crippen molar-refractivity contribution in [1.29, 1.82) is 10.5 Å². The summed E-state index contributed by atoms with van der Waals surface area (Å²) < 4.78 is 0. The summed E-state index contributed by atoms with van der Waals surface area (Å²) in [6, 6.07) is 11.8. The number of aromatic nitrogens is 5. The molecule has 0 saturated carbocycles. The third-order valence-electron chi connectivity index (χ3n) is 5.16. The molecule has 156 valence electrons. The van der Waals surface area contributed by atoms with Gasteiger partial charge in [0.05, 0.1) is 16.3 Å². The lowest BCUT2D eigenvalue weighted by Gasteiger charge is -2.34. The number of nitriles is 2. The molecule has 3 heterocycles. The number of tetrazole rings is 1. The highest BCUT2D eigenvalue weighted by atomic mass is 32.2. The quantitative estimate of drug-likeness (QED) is 0.570. The number of anilines is 1. The van der Waals surface area contributed by atoms with Crippen molar-refractivity contribution in [2.75, 3.05) is 38.1 Å². The Morgan fingerprint density at radius 2 is 1.81 bits per heavy atom. The molecule has 0 bridgehead atoms. The molecule has 0 spiro atoms. The summed E-state index contributed by atoms with van der Waals surface area (Å²) in [6.45, 7) is 3.86. The number of rotatable bonds is 5. The molecule has 0 atom stereocenters. The number of H-pyrrole nitrogens is 2. The maximum atomic E-state index is 12.6. The first-order chi connectivity index (χ1) is 15.1. The van der Waals surface area contributed by atoms with Crippen molar-refractivity contribution in [2.45, 2.75) is 10.8 Å². The van der Waals surface area contributed by atoms with E-state index in [1.807, 2.05) is 30.3 Å². The van der Waals surface area contributed by atoms with Crippen molar-refractivity contribution in [3.05, 3.63) is 51.6 Å². The first kappa shape index (κ1) is 20.6. The van der Waals surface area contributed by atoms with Crippen LogP contribution in [0, 0.1) is 22.7 Å². The predicted molar refractivity (Wildman–Crippen MR) is 115 cm³/mol. The monoisotopic (exact) mass is 433 g/mol. The van der Waals surface area contributed by atoms with Crippen molar-refractivity contribution >= 4 is 17.4 Å². The standard InChI is InChI=1S/C20H19N9OS/c1-28-6-8-29(9-7-28)14-4-2-13(3-5-14)18-15(10-21)19(30)23-20(16(18)11-22)31-12-17-24-26-27-25-17/h2-5H,6-9,12H2,1H3,(H,23,30)(H,24,25,26,27). The first-order valence-electron chi connectivity index (χ1n) is 9.60. The lowest BCUT2D eigenvalue weighted by atomic mass is 9.97. The van der Waals surface area contributed by atoms with Gasteiger partial charge >= 0.3 is 0 Å². The molecule has 0 radical (unpaired) electrons. The molecule has 4 rings (SSSR count). The van der Waals surface area contributed by atoms with Crippen LogP contribution < -0.4 is 10.5 Å². The van der Waals surface area contributed by atoms with Crippen LogP contribution >= 0.6 is 11.8 Å². The molecule has 1 aromatic carbocycles. The first-order valence-corrected chi connectivity index (χ1v) is 10.6. The van der Waals surface area contributed by atoms with E-state index in [1.54, 1.807) is 0 Å². The van der Waals surface area contributed by atoms with Crippen LogP contribution in [-0.4, -0.2) is 63.7 Å². The Kier molecular flexibility index (Phi) is 5.98. The fraction of sp³-hybridized carbons (Fsp3) is 0.300. The molecule has 3 aromatic rings. The van der Waals surface area contributed by atoms with Crippen LogP contribution in [0.1, 0.15) is 17.0 Å². The van der Waals surface area contributed by atoms with Crippen molar-refractivity contribution in [2.24, 2.45) is 0 Å². The summed E-state index contributed by atoms with van der Waals surface area (Å²) in [6.07, 6.45) is 0. The molecule has 0 amide bonds. The van der Waals surface area contributed by atoms with Crippen LogP contribution in [-0.2, 0) is 5.75 Å². The van der Waals surface area contributed by atoms with Crippen LogP contribution in [0.2, 0.25) is 0 Å². The minimum Gasteiger partial charge on any atom is -0.369 e. The zero-order chi connectivity index (χ0) is 21.8. The second-order valence-corrected chi connectivity index (χ2v) is 8.07. The van der Waals surface area contributed by atoms with Gasteiger partial charge in [-0.3, -0.25) is 4.79 Å². The smallest absolute Gasteiger partial charge is 0.267 e. The average molecular weight is 434 g/mol. The largest absolute Gasteiger partial charge is 0.369 e. The highest BCUT2D eigenvalue weighted by Crippen LogP contribution is 2.33. The van der Waals surface area contributed by atoms with Crippen LogP contribution in [0.3, 0.4) is 0 Å². The summed E-state index contributed by atoms with van der Waals surface area (Å²) >= 11 is 1.21. The highest BCUT2D eigenvalue weighted by Gasteiger charge is 2.21. The van der Waals surface area contributed by atoms with E-state index < -0.39 is 5.56 Å². The van der Waals surface area contributed by atoms with E-state index in [9.17, 15) is 15.3 Å². The van der Waals surface area contributed by atoms with Crippen LogP contribution in [0.5, 0.6) is 0 Å². The minimum absolute atomic E-state index is 0.0761. The van der Waals surface area contributed by atoms with Gasteiger partial charge in [-0.2, -0.15) is 15.7 Å². The number of hydrogen-bond acceptors (Lipinski definition) is 9. The Balaban J connectivity index is 1.70. The van der Waals surface area contributed by atoms with Crippen molar-refractivity contribution in [1.82, 2.24) is 30.5 Å². The molecule has 0 unspecified atom stereocenters. The number of likely N-dealkylation sites (N-methyl/N-ethyl adjacent to an activating group) is 1. The molecule has 1 fully saturated rings. The maximum absolute atomic E-state index is 12.6. The van der Waals surface area contributed by atoms with Crippen LogP contribution in [0.25, 0.3) is 11.1 Å². The summed E-state index contributed by atoms with van der Waals surface area (Å²) in [5.74, 6) is 0.756. The van der Waals surface area contributed by atoms with Gasteiger partial charge < -0.3 is 14.8 Å². The third-order valence-corrected chi connectivity index (χ3v) is 6.16. The number of nitrogens with one attached hydrogen (secondary N) is 2. The topological polar surface area (TPSA) is 141 Å². The van der Waals surface area contributed by atoms with E-state index in [4.69, 9.17) is 0 Å². The van der Waals surface area contributed by atoms with Gasteiger partial charge in [-0.05, 0) is 24.7 Å². The van der Waals surface area contributed by atoms with Gasteiger partial charge in [-0.15, -0.1) is 10.2 Å². The number of benzene rings is 1. The Labute approximate surface area is 182 Å². The Morgan fingerprint density at radius 3 is 2.42 bits per heavy atom. The lowest BCUT2D eigenvalue weighted by molar-refractivity contribution is 0.313. The van der Waals surface area contributed by atoms with E-state index in [-0.39, 0.29) is 11.1 Å². The van der Waals surface area contributed by atoms with Crippen molar-refractivity contribution < 1.29 is 0 Å². The number of nitrogens with zero attached hydrogens (tertiary/aromatic N) is 7.